The molecule has 0 fully saturated rings. The van der Waals surface area contributed by atoms with Crippen LogP contribution in [0.25, 0.3) is 0 Å². The van der Waals surface area contributed by atoms with Crippen LogP contribution in [0.15, 0.2) is 6.20 Å². The van der Waals surface area contributed by atoms with E-state index < -0.39 is 17.3 Å². The minimum absolute atomic E-state index is 0. The molecule has 75 valence electrons. The molecule has 0 unspecified atom stereocenters. The SMILES string of the molecule is Cc1c(C(F)(F)F)c([C-]=O)cn1C.[Y]. The van der Waals surface area contributed by atoms with Crippen LogP contribution in [0.2, 0.25) is 0 Å². The second-order valence-corrected chi connectivity index (χ2v) is 2.71. The molecule has 0 bridgehead atoms. The molecule has 0 aliphatic carbocycles. The average Bonchev–Trinajstić information content (AvgIpc) is 2.26. The largest absolute Gasteiger partial charge is 0.416 e. The zero-order valence-corrected chi connectivity index (χ0v) is 10.5. The zero-order chi connectivity index (χ0) is 10.2. The Labute approximate surface area is 104 Å². The number of aromatic nitrogens is 1. The van der Waals surface area contributed by atoms with Crippen molar-refractivity contribution in [3.05, 3.63) is 23.0 Å². The fourth-order valence-electron chi connectivity index (χ4n) is 1.16. The topological polar surface area (TPSA) is 22.0 Å². The molecule has 6 heteroatoms. The summed E-state index contributed by atoms with van der Waals surface area (Å²) in [7, 11) is 1.45. The van der Waals surface area contributed by atoms with Gasteiger partial charge in [-0.15, -0.1) is 5.56 Å². The molecule has 0 aromatic carbocycles. The van der Waals surface area contributed by atoms with E-state index >= 15 is 0 Å². The van der Waals surface area contributed by atoms with E-state index in [1.54, 1.807) is 0 Å². The molecule has 1 aromatic rings. The van der Waals surface area contributed by atoms with Crippen molar-refractivity contribution in [2.75, 3.05) is 0 Å². The Kier molecular flexibility index (Phi) is 4.52. The summed E-state index contributed by atoms with van der Waals surface area (Å²) in [6, 6.07) is 0. The first kappa shape index (κ1) is 13.8. The molecule has 0 spiro atoms. The Balaban J connectivity index is 0.00000169. The van der Waals surface area contributed by atoms with Gasteiger partial charge in [0.05, 0.1) is 6.29 Å². The Morgan fingerprint density at radius 2 is 1.93 bits per heavy atom. The van der Waals surface area contributed by atoms with Gasteiger partial charge in [0.15, 0.2) is 0 Å². The molecule has 1 aromatic heterocycles. The van der Waals surface area contributed by atoms with Crippen LogP contribution < -0.4 is 0 Å². The molecule has 1 rings (SSSR count). The molecule has 1 heterocycles. The molecule has 0 aliphatic rings. The van der Waals surface area contributed by atoms with Gasteiger partial charge in [-0.05, 0) is 25.2 Å². The van der Waals surface area contributed by atoms with Crippen LogP contribution in [0.3, 0.4) is 0 Å². The van der Waals surface area contributed by atoms with Crippen molar-refractivity contribution in [3.8, 4) is 0 Å². The monoisotopic (exact) mass is 279 g/mol. The number of nitrogens with zero attached hydrogens (tertiary/aromatic N) is 1. The number of aryl methyl sites for hydroxylation is 1. The summed E-state index contributed by atoms with van der Waals surface area (Å²) in [6.45, 7) is 1.31. The minimum atomic E-state index is -4.49. The van der Waals surface area contributed by atoms with Crippen molar-refractivity contribution in [2.24, 2.45) is 7.05 Å². The first-order chi connectivity index (χ1) is 5.88. The van der Waals surface area contributed by atoms with Crippen molar-refractivity contribution in [1.82, 2.24) is 4.57 Å². The molecular weight excluding hydrogens is 272 g/mol. The molecule has 1 radical (unpaired) electrons. The van der Waals surface area contributed by atoms with E-state index in [0.717, 1.165) is 6.20 Å². The fourth-order valence-corrected chi connectivity index (χ4v) is 1.16. The summed E-state index contributed by atoms with van der Waals surface area (Å²) in [5.74, 6) is 0. The molecule has 0 saturated carbocycles. The van der Waals surface area contributed by atoms with Crippen molar-refractivity contribution in [3.63, 3.8) is 0 Å². The number of carbonyl (C=O) groups excluding carboxylic acids is 1. The predicted octanol–water partition coefficient (Wildman–Crippen LogP) is 1.81. The molecule has 2 nitrogen and oxygen atoms in total. The second-order valence-electron chi connectivity index (χ2n) is 2.71. The van der Waals surface area contributed by atoms with E-state index in [1.807, 2.05) is 0 Å². The Morgan fingerprint density at radius 3 is 2.21 bits per heavy atom. The summed E-state index contributed by atoms with van der Waals surface area (Å²) in [5, 5.41) is 0. The van der Waals surface area contributed by atoms with Crippen molar-refractivity contribution in [1.29, 1.82) is 0 Å². The summed E-state index contributed by atoms with van der Waals surface area (Å²) in [5.41, 5.74) is -1.32. The van der Waals surface area contributed by atoms with Gasteiger partial charge in [-0.25, -0.2) is 0 Å². The number of alkyl halides is 3. The molecule has 0 saturated heterocycles. The van der Waals surface area contributed by atoms with Gasteiger partial charge in [0, 0.05) is 32.7 Å². The Hall–Kier alpha value is -0.156. The van der Waals surface area contributed by atoms with E-state index in [9.17, 15) is 18.0 Å². The molecule has 0 aliphatic heterocycles. The molecular formula is C8H7F3NOY-. The maximum Gasteiger partial charge on any atom is 0.372 e. The van der Waals surface area contributed by atoms with Crippen molar-refractivity contribution < 1.29 is 50.7 Å². The standard InChI is InChI=1S/C8H7F3NO.Y/c1-5-7(8(9,10)11)6(4-13)3-12(5)2;/h3H,1-2H3;/q-1;. The summed E-state index contributed by atoms with van der Waals surface area (Å²) in [4.78, 5) is 10.2. The van der Waals surface area contributed by atoms with Crippen molar-refractivity contribution >= 4 is 6.29 Å². The first-order valence-corrected chi connectivity index (χ1v) is 3.49. The van der Waals surface area contributed by atoms with Gasteiger partial charge >= 0.3 is 6.18 Å². The molecule has 0 N–H and O–H groups in total. The van der Waals surface area contributed by atoms with Crippen LogP contribution >= 0.6 is 0 Å². The quantitative estimate of drug-likeness (QED) is 0.719. The van der Waals surface area contributed by atoms with Gasteiger partial charge in [0.1, 0.15) is 0 Å². The third kappa shape index (κ3) is 2.45. The third-order valence-electron chi connectivity index (χ3n) is 1.88. The van der Waals surface area contributed by atoms with E-state index in [1.165, 1.54) is 24.8 Å². The van der Waals surface area contributed by atoms with Crippen LogP contribution in [0, 0.1) is 6.92 Å². The number of rotatable bonds is 1. The van der Waals surface area contributed by atoms with Crippen LogP contribution in [0.1, 0.15) is 16.8 Å². The van der Waals surface area contributed by atoms with Crippen LogP contribution in [0.5, 0.6) is 0 Å². The third-order valence-corrected chi connectivity index (χ3v) is 1.88. The summed E-state index contributed by atoms with van der Waals surface area (Å²) >= 11 is 0. The van der Waals surface area contributed by atoms with Gasteiger partial charge in [0.2, 0.25) is 0 Å². The van der Waals surface area contributed by atoms with Gasteiger partial charge in [-0.3, -0.25) is 0 Å². The first-order valence-electron chi connectivity index (χ1n) is 3.49. The number of hydrogen-bond acceptors (Lipinski definition) is 1. The molecule has 14 heavy (non-hydrogen) atoms. The van der Waals surface area contributed by atoms with Gasteiger partial charge in [-0.1, -0.05) is 6.20 Å². The molecule has 0 amide bonds. The maximum atomic E-state index is 12.3. The summed E-state index contributed by atoms with van der Waals surface area (Å²) < 4.78 is 38.2. The van der Waals surface area contributed by atoms with Crippen molar-refractivity contribution in [2.45, 2.75) is 13.1 Å². The second kappa shape index (κ2) is 4.58. The smallest absolute Gasteiger partial charge is 0.372 e. The Morgan fingerprint density at radius 1 is 1.43 bits per heavy atom. The normalized spacial score (nSPS) is 10.9. The number of halogens is 3. The van der Waals surface area contributed by atoms with E-state index in [4.69, 9.17) is 0 Å². The van der Waals surface area contributed by atoms with Gasteiger partial charge < -0.3 is 9.36 Å². The van der Waals surface area contributed by atoms with E-state index in [0.29, 0.717) is 0 Å². The average molecular weight is 279 g/mol. The summed E-state index contributed by atoms with van der Waals surface area (Å²) in [6.07, 6.45) is -2.10. The van der Waals surface area contributed by atoms with Gasteiger partial charge in [0.25, 0.3) is 0 Å². The van der Waals surface area contributed by atoms with E-state index in [-0.39, 0.29) is 38.4 Å². The zero-order valence-electron chi connectivity index (χ0n) is 7.64. The Bertz CT molecular complexity index is 343. The van der Waals surface area contributed by atoms with Crippen LogP contribution in [-0.2, 0) is 50.7 Å². The number of hydrogen-bond donors (Lipinski definition) is 0. The maximum absolute atomic E-state index is 12.3. The van der Waals surface area contributed by atoms with Crippen LogP contribution in [-0.4, -0.2) is 10.9 Å². The van der Waals surface area contributed by atoms with E-state index in [2.05, 4.69) is 0 Å². The van der Waals surface area contributed by atoms with Crippen LogP contribution in [0.4, 0.5) is 13.2 Å². The minimum Gasteiger partial charge on any atom is -0.416 e. The van der Waals surface area contributed by atoms with Gasteiger partial charge in [-0.2, -0.15) is 13.2 Å². The predicted molar refractivity (Wildman–Crippen MR) is 39.9 cm³/mol. The fraction of sp³-hybridized carbons (Fsp3) is 0.375. The molecule has 0 atom stereocenters.